The summed E-state index contributed by atoms with van der Waals surface area (Å²) < 4.78 is 17.5. The molecule has 0 unspecified atom stereocenters. The summed E-state index contributed by atoms with van der Waals surface area (Å²) in [6.45, 7) is 5.24. The fraction of sp³-hybridized carbons (Fsp3) is 0.455. The second-order valence-electron chi connectivity index (χ2n) is 7.70. The first kappa shape index (κ1) is 25.4. The quantitative estimate of drug-likeness (QED) is 0.183. The second kappa shape index (κ2) is 11.4. The number of hydrogen-bond acceptors (Lipinski definition) is 11. The van der Waals surface area contributed by atoms with Crippen LogP contribution in [0.1, 0.15) is 17.3 Å². The van der Waals surface area contributed by atoms with E-state index in [-0.39, 0.29) is 29.3 Å². The Morgan fingerprint density at radius 1 is 1.22 bits per heavy atom. The van der Waals surface area contributed by atoms with E-state index in [1.165, 1.54) is 26.4 Å². The molecule has 0 spiro atoms. The number of nitro benzene ring substituents is 1. The Balaban J connectivity index is 1.55. The van der Waals surface area contributed by atoms with Crippen molar-refractivity contribution < 1.29 is 23.9 Å². The summed E-state index contributed by atoms with van der Waals surface area (Å²) in [6.07, 6.45) is 1.72. The predicted molar refractivity (Wildman–Crippen MR) is 133 cm³/mol. The molecule has 0 bridgehead atoms. The summed E-state index contributed by atoms with van der Waals surface area (Å²) >= 11 is 1.54. The van der Waals surface area contributed by atoms with Crippen molar-refractivity contribution in [3.8, 4) is 11.5 Å². The molecule has 1 N–H and O–H groups in total. The van der Waals surface area contributed by atoms with Gasteiger partial charge in [0.2, 0.25) is 0 Å². The van der Waals surface area contributed by atoms with Crippen molar-refractivity contribution in [2.75, 3.05) is 57.7 Å². The number of fused-ring (bicyclic) bond motifs is 1. The molecule has 36 heavy (non-hydrogen) atoms. The van der Waals surface area contributed by atoms with Gasteiger partial charge in [0.25, 0.3) is 11.6 Å². The maximum Gasteiger partial charge on any atom is 0.286 e. The van der Waals surface area contributed by atoms with Crippen molar-refractivity contribution in [3.05, 3.63) is 34.0 Å². The highest BCUT2D eigenvalue weighted by Crippen LogP contribution is 2.34. The third-order valence-electron chi connectivity index (χ3n) is 5.59. The number of aromatic nitrogens is 4. The van der Waals surface area contributed by atoms with Crippen LogP contribution in [0, 0.1) is 10.1 Å². The average Bonchev–Trinajstić information content (AvgIpc) is 3.30. The number of carbonyl (C=O) groups excluding carboxylic acids is 1. The van der Waals surface area contributed by atoms with E-state index >= 15 is 0 Å². The first-order valence-corrected chi connectivity index (χ1v) is 12.3. The number of anilines is 1. The fourth-order valence-electron chi connectivity index (χ4n) is 3.87. The lowest BCUT2D eigenvalue weighted by Gasteiger charge is -2.28. The molecule has 3 heterocycles. The van der Waals surface area contributed by atoms with Gasteiger partial charge in [0.05, 0.1) is 56.6 Å². The number of amides is 1. The van der Waals surface area contributed by atoms with E-state index in [1.54, 1.807) is 22.6 Å². The van der Waals surface area contributed by atoms with Crippen molar-refractivity contribution in [3.63, 3.8) is 0 Å². The molecule has 1 fully saturated rings. The molecule has 0 radical (unpaired) electrons. The summed E-state index contributed by atoms with van der Waals surface area (Å²) in [4.78, 5) is 35.3. The summed E-state index contributed by atoms with van der Waals surface area (Å²) in [5, 5.41) is 20.2. The smallest absolute Gasteiger partial charge is 0.286 e. The molecular weight excluding hydrogens is 490 g/mol. The van der Waals surface area contributed by atoms with E-state index in [9.17, 15) is 14.9 Å². The van der Waals surface area contributed by atoms with Crippen LogP contribution in [0.5, 0.6) is 11.5 Å². The number of ether oxygens (including phenoxy) is 3. The minimum Gasteiger partial charge on any atom is -0.493 e. The van der Waals surface area contributed by atoms with Gasteiger partial charge in [-0.15, -0.1) is 0 Å². The molecule has 0 aliphatic carbocycles. The molecular formula is C22H27N7O6S. The van der Waals surface area contributed by atoms with Crippen molar-refractivity contribution in [2.24, 2.45) is 0 Å². The Hall–Kier alpha value is -3.65. The Kier molecular flexibility index (Phi) is 8.05. The molecule has 3 aromatic rings. The summed E-state index contributed by atoms with van der Waals surface area (Å²) in [5.74, 6) is 1.42. The number of rotatable bonds is 10. The minimum atomic E-state index is -0.630. The molecule has 192 valence electrons. The number of benzene rings is 1. The van der Waals surface area contributed by atoms with Gasteiger partial charge >= 0.3 is 0 Å². The fourth-order valence-corrected chi connectivity index (χ4v) is 4.43. The third kappa shape index (κ3) is 5.28. The molecule has 14 heteroatoms. The van der Waals surface area contributed by atoms with Gasteiger partial charge in [-0.2, -0.15) is 5.10 Å². The van der Waals surface area contributed by atoms with Gasteiger partial charge in [-0.25, -0.2) is 14.6 Å². The van der Waals surface area contributed by atoms with Crippen LogP contribution in [-0.2, 0) is 11.3 Å². The van der Waals surface area contributed by atoms with Crippen molar-refractivity contribution in [2.45, 2.75) is 18.6 Å². The molecule has 1 amide bonds. The monoisotopic (exact) mass is 517 g/mol. The van der Waals surface area contributed by atoms with Gasteiger partial charge in [-0.3, -0.25) is 14.9 Å². The van der Waals surface area contributed by atoms with Crippen LogP contribution in [0.15, 0.2) is 23.5 Å². The zero-order valence-corrected chi connectivity index (χ0v) is 21.0. The number of morpholine rings is 1. The van der Waals surface area contributed by atoms with Gasteiger partial charge in [-0.1, -0.05) is 18.7 Å². The standard InChI is InChI=1S/C22H27N7O6S/c1-4-36-22-25-19(27-7-9-35-10-8-27)15-13-24-28(20(15)26-22)6-5-23-21(30)14-11-17(33-2)18(34-3)12-16(14)29(31)32/h11-13H,4-10H2,1-3H3,(H,23,30). The number of carbonyl (C=O) groups is 1. The predicted octanol–water partition coefficient (Wildman–Crippen LogP) is 2.13. The van der Waals surface area contributed by atoms with Crippen LogP contribution in [0.25, 0.3) is 11.0 Å². The maximum atomic E-state index is 12.8. The first-order valence-electron chi connectivity index (χ1n) is 11.3. The Morgan fingerprint density at radius 3 is 2.61 bits per heavy atom. The van der Waals surface area contributed by atoms with E-state index in [0.717, 1.165) is 30.0 Å². The van der Waals surface area contributed by atoms with Gasteiger partial charge in [0, 0.05) is 25.7 Å². The summed E-state index contributed by atoms with van der Waals surface area (Å²) in [5.41, 5.74) is 0.161. The van der Waals surface area contributed by atoms with Crippen LogP contribution < -0.4 is 19.7 Å². The highest BCUT2D eigenvalue weighted by molar-refractivity contribution is 7.99. The number of nitrogens with one attached hydrogen (secondary N) is 1. The maximum absolute atomic E-state index is 12.8. The van der Waals surface area contributed by atoms with Crippen LogP contribution in [0.4, 0.5) is 11.5 Å². The van der Waals surface area contributed by atoms with Gasteiger partial charge in [0.15, 0.2) is 22.3 Å². The van der Waals surface area contributed by atoms with Gasteiger partial charge in [0.1, 0.15) is 11.4 Å². The van der Waals surface area contributed by atoms with Crippen LogP contribution in [0.3, 0.4) is 0 Å². The SMILES string of the molecule is CCSc1nc(N2CCOCC2)c2cnn(CCNC(=O)c3cc(OC)c(OC)cc3[N+](=O)[O-])c2n1. The number of methoxy groups -OCH3 is 2. The van der Waals surface area contributed by atoms with Gasteiger partial charge < -0.3 is 24.4 Å². The molecule has 1 aromatic carbocycles. The Bertz CT molecular complexity index is 1260. The minimum absolute atomic E-state index is 0.124. The number of nitrogens with zero attached hydrogens (tertiary/aromatic N) is 6. The van der Waals surface area contributed by atoms with E-state index in [0.29, 0.717) is 30.6 Å². The van der Waals surface area contributed by atoms with E-state index in [1.807, 2.05) is 6.92 Å². The molecule has 1 aliphatic heterocycles. The molecule has 2 aromatic heterocycles. The van der Waals surface area contributed by atoms with Crippen LogP contribution in [0.2, 0.25) is 0 Å². The third-order valence-corrected chi connectivity index (χ3v) is 6.32. The lowest BCUT2D eigenvalue weighted by atomic mass is 10.1. The highest BCUT2D eigenvalue weighted by Gasteiger charge is 2.25. The molecule has 4 rings (SSSR count). The molecule has 13 nitrogen and oxygen atoms in total. The second-order valence-corrected chi connectivity index (χ2v) is 8.94. The average molecular weight is 518 g/mol. The number of hydrogen-bond donors (Lipinski definition) is 1. The summed E-state index contributed by atoms with van der Waals surface area (Å²) in [6, 6.07) is 2.47. The lowest BCUT2D eigenvalue weighted by Crippen LogP contribution is -2.37. The molecule has 1 aliphatic rings. The first-order chi connectivity index (χ1) is 17.5. The lowest BCUT2D eigenvalue weighted by molar-refractivity contribution is -0.385. The Labute approximate surface area is 211 Å². The molecule has 1 saturated heterocycles. The van der Waals surface area contributed by atoms with E-state index < -0.39 is 10.8 Å². The van der Waals surface area contributed by atoms with Crippen LogP contribution in [-0.4, -0.2) is 83.4 Å². The molecule has 0 atom stereocenters. The largest absolute Gasteiger partial charge is 0.493 e. The van der Waals surface area contributed by atoms with Crippen molar-refractivity contribution >= 4 is 40.2 Å². The zero-order valence-electron chi connectivity index (χ0n) is 20.2. The van der Waals surface area contributed by atoms with Crippen molar-refractivity contribution in [1.29, 1.82) is 0 Å². The summed E-state index contributed by atoms with van der Waals surface area (Å²) in [7, 11) is 2.76. The Morgan fingerprint density at radius 2 is 1.94 bits per heavy atom. The normalized spacial score (nSPS) is 13.6. The van der Waals surface area contributed by atoms with Crippen molar-refractivity contribution in [1.82, 2.24) is 25.1 Å². The topological polar surface area (TPSA) is 147 Å². The molecule has 0 saturated carbocycles. The number of thioether (sulfide) groups is 1. The van der Waals surface area contributed by atoms with E-state index in [4.69, 9.17) is 19.2 Å². The van der Waals surface area contributed by atoms with Gasteiger partial charge in [-0.05, 0) is 5.75 Å². The van der Waals surface area contributed by atoms with E-state index in [2.05, 4.69) is 20.3 Å². The van der Waals surface area contributed by atoms with Crippen LogP contribution >= 0.6 is 11.8 Å². The zero-order chi connectivity index (χ0) is 25.7. The highest BCUT2D eigenvalue weighted by atomic mass is 32.2. The number of nitro groups is 1.